The highest BCUT2D eigenvalue weighted by Crippen LogP contribution is 2.26. The standard InChI is InChI=1S/C79H137NO10/c1-4-7-10-13-16-19-22-25-27-29-31-33-35-36-37-38-39-41-43-45-47-49-52-55-58-61-64-67-74(84)90-77-76(86)75(85)73(68-81)89-79(77)88-69-70(71(82)65-62-59-56-53-50-24-21-18-15-12-9-6-3)80-78(87)72(83)66-63-60-57-54-51-48-46-44-42-40-34-32-30-28-26-23-20-17-14-11-8-5-2/h8,11,16-17,19-20,25-28,32,34,42,44,48,51,62,65,70-73,75-77,79,81-83,85-86H,4-7,9-10,12-15,18,21-24,29-31,33,35-41,43,45-47,49-50,52-61,63-64,66-69H2,1-3H3,(H,80,87)/b11-8-,19-16-,20-17-,27-25-,28-26-,34-32-,44-42-,51-48-,65-62+. The van der Waals surface area contributed by atoms with Gasteiger partial charge in [-0.3, -0.25) is 9.59 Å². The zero-order chi connectivity index (χ0) is 65.3. The third-order valence-electron chi connectivity index (χ3n) is 16.9. The van der Waals surface area contributed by atoms with Crippen LogP contribution in [0.4, 0.5) is 0 Å². The Bertz CT molecular complexity index is 1890. The number of hydrogen-bond donors (Lipinski definition) is 6. The van der Waals surface area contributed by atoms with E-state index in [2.05, 4.69) is 123 Å². The first-order valence-corrected chi connectivity index (χ1v) is 37.2. The first-order valence-electron chi connectivity index (χ1n) is 37.2. The molecule has 1 fully saturated rings. The van der Waals surface area contributed by atoms with Crippen LogP contribution in [0.15, 0.2) is 109 Å². The van der Waals surface area contributed by atoms with Crippen LogP contribution in [0.2, 0.25) is 0 Å². The SMILES string of the molecule is CC/C=C\C/C=C\C/C=C\C/C=C\C/C=C\C/C=C\CCCCCC(O)C(=O)NC(COC1OC(CO)C(O)C(O)C1OC(=O)CCCCCCCCCCCCCCCCCCC/C=C\C/C=C\CCCCC)C(O)/C=C/CCCCCCCCCCCC. The molecule has 0 aliphatic carbocycles. The number of allylic oxidation sites excluding steroid dienone is 17. The average molecular weight is 1260 g/mol. The van der Waals surface area contributed by atoms with Gasteiger partial charge in [0.15, 0.2) is 12.4 Å². The maximum atomic E-state index is 13.5. The van der Waals surface area contributed by atoms with E-state index in [0.717, 1.165) is 109 Å². The van der Waals surface area contributed by atoms with Crippen molar-refractivity contribution in [1.82, 2.24) is 5.32 Å². The zero-order valence-electron chi connectivity index (χ0n) is 57.7. The number of aliphatic hydroxyl groups excluding tert-OH is 5. The van der Waals surface area contributed by atoms with Gasteiger partial charge in [0.25, 0.3) is 0 Å². The van der Waals surface area contributed by atoms with E-state index in [-0.39, 0.29) is 19.4 Å². The predicted octanol–water partition coefficient (Wildman–Crippen LogP) is 19.6. The van der Waals surface area contributed by atoms with Crippen molar-refractivity contribution < 1.29 is 49.3 Å². The molecule has 8 atom stereocenters. The van der Waals surface area contributed by atoms with Crippen molar-refractivity contribution in [2.45, 2.75) is 365 Å². The number of ether oxygens (including phenoxy) is 3. The minimum absolute atomic E-state index is 0.117. The molecule has 1 aliphatic rings. The highest BCUT2D eigenvalue weighted by molar-refractivity contribution is 5.80. The maximum absolute atomic E-state index is 13.5. The van der Waals surface area contributed by atoms with E-state index in [1.165, 1.54) is 161 Å². The van der Waals surface area contributed by atoms with E-state index in [0.29, 0.717) is 12.8 Å². The summed E-state index contributed by atoms with van der Waals surface area (Å²) >= 11 is 0. The Hall–Kier alpha value is -3.68. The summed E-state index contributed by atoms with van der Waals surface area (Å²) in [5.41, 5.74) is 0. The molecule has 0 bridgehead atoms. The van der Waals surface area contributed by atoms with Gasteiger partial charge in [-0.15, -0.1) is 0 Å². The Morgan fingerprint density at radius 1 is 0.444 bits per heavy atom. The average Bonchev–Trinajstić information content (AvgIpc) is 1.14. The van der Waals surface area contributed by atoms with E-state index >= 15 is 0 Å². The fourth-order valence-electron chi connectivity index (χ4n) is 11.1. The molecule has 0 spiro atoms. The van der Waals surface area contributed by atoms with Gasteiger partial charge >= 0.3 is 5.97 Å². The molecule has 518 valence electrons. The Morgan fingerprint density at radius 2 is 0.800 bits per heavy atom. The summed E-state index contributed by atoms with van der Waals surface area (Å²) in [6.07, 6.45) is 79.9. The van der Waals surface area contributed by atoms with Crippen molar-refractivity contribution in [2.75, 3.05) is 13.2 Å². The predicted molar refractivity (Wildman–Crippen MR) is 379 cm³/mol. The lowest BCUT2D eigenvalue weighted by Crippen LogP contribution is -2.61. The Morgan fingerprint density at radius 3 is 1.22 bits per heavy atom. The van der Waals surface area contributed by atoms with Crippen LogP contribution in [0.5, 0.6) is 0 Å². The molecule has 0 saturated carbocycles. The molecular formula is C79H137NO10. The summed E-state index contributed by atoms with van der Waals surface area (Å²) in [4.78, 5) is 26.7. The highest BCUT2D eigenvalue weighted by atomic mass is 16.7. The normalized spacial score (nSPS) is 18.7. The number of unbranched alkanes of at least 4 members (excludes halogenated alkanes) is 33. The smallest absolute Gasteiger partial charge is 0.306 e. The van der Waals surface area contributed by atoms with Crippen molar-refractivity contribution in [2.24, 2.45) is 0 Å². The molecule has 6 N–H and O–H groups in total. The van der Waals surface area contributed by atoms with Gasteiger partial charge in [-0.2, -0.15) is 0 Å². The van der Waals surface area contributed by atoms with Crippen LogP contribution in [0.25, 0.3) is 0 Å². The monoisotopic (exact) mass is 1260 g/mol. The second-order valence-electron chi connectivity index (χ2n) is 25.3. The molecular weight excluding hydrogens is 1120 g/mol. The van der Waals surface area contributed by atoms with E-state index in [1.807, 2.05) is 6.08 Å². The van der Waals surface area contributed by atoms with Crippen LogP contribution < -0.4 is 5.32 Å². The van der Waals surface area contributed by atoms with Gasteiger partial charge in [-0.05, 0) is 109 Å². The van der Waals surface area contributed by atoms with Gasteiger partial charge in [0.2, 0.25) is 5.91 Å². The number of nitrogens with one attached hydrogen (secondary N) is 1. The molecule has 11 nitrogen and oxygen atoms in total. The van der Waals surface area contributed by atoms with E-state index in [1.54, 1.807) is 6.08 Å². The first-order chi connectivity index (χ1) is 44.2. The number of aliphatic hydroxyl groups is 5. The number of rotatable bonds is 63. The summed E-state index contributed by atoms with van der Waals surface area (Å²) in [7, 11) is 0. The Balaban J connectivity index is 2.56. The van der Waals surface area contributed by atoms with Gasteiger partial charge in [-0.25, -0.2) is 0 Å². The van der Waals surface area contributed by atoms with E-state index in [4.69, 9.17) is 14.2 Å². The summed E-state index contributed by atoms with van der Waals surface area (Å²) in [5.74, 6) is -1.22. The molecule has 1 saturated heterocycles. The summed E-state index contributed by atoms with van der Waals surface area (Å²) in [6, 6.07) is -1.04. The van der Waals surface area contributed by atoms with Crippen molar-refractivity contribution >= 4 is 11.9 Å². The quantitative estimate of drug-likeness (QED) is 0.0195. The fourth-order valence-corrected chi connectivity index (χ4v) is 11.1. The number of carbonyl (C=O) groups is 2. The molecule has 0 aromatic rings. The summed E-state index contributed by atoms with van der Waals surface area (Å²) in [6.45, 7) is 5.66. The van der Waals surface area contributed by atoms with Crippen LogP contribution in [0, 0.1) is 0 Å². The molecule has 0 radical (unpaired) electrons. The third kappa shape index (κ3) is 51.8. The summed E-state index contributed by atoms with van der Waals surface area (Å²) in [5, 5.41) is 57.3. The molecule has 0 aromatic carbocycles. The van der Waals surface area contributed by atoms with Crippen molar-refractivity contribution in [3.05, 3.63) is 109 Å². The van der Waals surface area contributed by atoms with Crippen LogP contribution in [-0.2, 0) is 23.8 Å². The second kappa shape index (κ2) is 65.4. The van der Waals surface area contributed by atoms with Gasteiger partial charge in [-0.1, -0.05) is 310 Å². The van der Waals surface area contributed by atoms with Gasteiger partial charge < -0.3 is 45.1 Å². The number of esters is 1. The fraction of sp³-hybridized carbons (Fsp3) is 0.747. The van der Waals surface area contributed by atoms with E-state index < -0.39 is 67.4 Å². The van der Waals surface area contributed by atoms with Crippen molar-refractivity contribution in [3.8, 4) is 0 Å². The minimum Gasteiger partial charge on any atom is -0.454 e. The molecule has 1 aliphatic heterocycles. The lowest BCUT2D eigenvalue weighted by molar-refractivity contribution is -0.305. The molecule has 1 amide bonds. The maximum Gasteiger partial charge on any atom is 0.306 e. The minimum atomic E-state index is -1.62. The molecule has 11 heteroatoms. The largest absolute Gasteiger partial charge is 0.454 e. The van der Waals surface area contributed by atoms with Crippen LogP contribution in [0.1, 0.15) is 316 Å². The number of carbonyl (C=O) groups excluding carboxylic acids is 2. The van der Waals surface area contributed by atoms with E-state index in [9.17, 15) is 35.1 Å². The molecule has 1 heterocycles. The zero-order valence-corrected chi connectivity index (χ0v) is 57.7. The van der Waals surface area contributed by atoms with Crippen LogP contribution in [0.3, 0.4) is 0 Å². The lowest BCUT2D eigenvalue weighted by atomic mass is 9.99. The number of hydrogen-bond acceptors (Lipinski definition) is 10. The van der Waals surface area contributed by atoms with Gasteiger partial charge in [0.1, 0.15) is 24.4 Å². The Kier molecular flexibility index (Phi) is 61.3. The summed E-state index contributed by atoms with van der Waals surface area (Å²) < 4.78 is 17.7. The van der Waals surface area contributed by atoms with Gasteiger partial charge in [0, 0.05) is 6.42 Å². The van der Waals surface area contributed by atoms with Crippen LogP contribution >= 0.6 is 0 Å². The third-order valence-corrected chi connectivity index (χ3v) is 16.9. The molecule has 8 unspecified atom stereocenters. The van der Waals surface area contributed by atoms with Crippen molar-refractivity contribution in [3.63, 3.8) is 0 Å². The van der Waals surface area contributed by atoms with Crippen LogP contribution in [-0.4, -0.2) is 99.6 Å². The molecule has 1 rings (SSSR count). The Labute approximate surface area is 551 Å². The first kappa shape index (κ1) is 84.3. The second-order valence-corrected chi connectivity index (χ2v) is 25.3. The number of amides is 1. The van der Waals surface area contributed by atoms with Gasteiger partial charge in [0.05, 0.1) is 25.4 Å². The molecule has 0 aromatic heterocycles. The topological polar surface area (TPSA) is 175 Å². The van der Waals surface area contributed by atoms with Crippen molar-refractivity contribution in [1.29, 1.82) is 0 Å². The molecule has 90 heavy (non-hydrogen) atoms. The lowest BCUT2D eigenvalue weighted by Gasteiger charge is -2.41. The highest BCUT2D eigenvalue weighted by Gasteiger charge is 2.47.